The van der Waals surface area contributed by atoms with Gasteiger partial charge in [0, 0.05) is 11.8 Å². The second kappa shape index (κ2) is 5.72. The van der Waals surface area contributed by atoms with Crippen molar-refractivity contribution in [2.45, 2.75) is 32.1 Å². The molecular formula is C19H21NO. The Morgan fingerprint density at radius 1 is 1.05 bits per heavy atom. The molecule has 0 heterocycles. The van der Waals surface area contributed by atoms with Crippen LogP contribution in [0.3, 0.4) is 0 Å². The summed E-state index contributed by atoms with van der Waals surface area (Å²) < 4.78 is 0. The van der Waals surface area contributed by atoms with Gasteiger partial charge in [-0.3, -0.25) is 4.79 Å². The molecule has 0 bridgehead atoms. The van der Waals surface area contributed by atoms with Crippen LogP contribution < -0.4 is 5.73 Å². The average Bonchev–Trinajstić information content (AvgIpc) is 2.65. The van der Waals surface area contributed by atoms with Gasteiger partial charge in [-0.1, -0.05) is 55.5 Å². The topological polar surface area (TPSA) is 43.1 Å². The fourth-order valence-corrected chi connectivity index (χ4v) is 3.36. The van der Waals surface area contributed by atoms with Crippen LogP contribution in [0.2, 0.25) is 0 Å². The molecule has 1 aliphatic rings. The molecule has 1 unspecified atom stereocenters. The number of amides is 1. The summed E-state index contributed by atoms with van der Waals surface area (Å²) in [5.74, 6) is -0.0641. The Balaban J connectivity index is 2.08. The molecule has 2 aromatic rings. The second-order valence-corrected chi connectivity index (χ2v) is 5.99. The van der Waals surface area contributed by atoms with Crippen LogP contribution in [0.25, 0.3) is 0 Å². The molecule has 0 aromatic heterocycles. The molecule has 2 nitrogen and oxygen atoms in total. The van der Waals surface area contributed by atoms with Crippen LogP contribution in [-0.2, 0) is 17.6 Å². The first-order valence-corrected chi connectivity index (χ1v) is 7.61. The first-order valence-electron chi connectivity index (χ1n) is 7.61. The minimum atomic E-state index is -0.214. The smallest absolute Gasteiger partial charge is 0.220 e. The highest BCUT2D eigenvalue weighted by atomic mass is 16.1. The summed E-state index contributed by atoms with van der Waals surface area (Å²) in [5, 5.41) is 0. The van der Waals surface area contributed by atoms with E-state index < -0.39 is 0 Å². The van der Waals surface area contributed by atoms with Crippen molar-refractivity contribution in [3.05, 3.63) is 70.8 Å². The number of rotatable bonds is 3. The van der Waals surface area contributed by atoms with Crippen LogP contribution in [-0.4, -0.2) is 5.91 Å². The molecule has 2 N–H and O–H groups in total. The molecular weight excluding hydrogens is 258 g/mol. The molecule has 0 spiro atoms. The Kier molecular flexibility index (Phi) is 3.78. The van der Waals surface area contributed by atoms with Crippen molar-refractivity contribution < 1.29 is 4.79 Å². The standard InChI is InChI=1S/C19H21NO/c1-13(19(20)21)12-18-16-8-4-2-6-14(16)10-11-15-7-3-5-9-17(15)18/h2-9,13,18H,10-12H2,1H3,(H2,20,21). The number of primary amides is 1. The normalized spacial score (nSPS) is 15.7. The van der Waals surface area contributed by atoms with E-state index in [0.29, 0.717) is 0 Å². The van der Waals surface area contributed by atoms with Crippen LogP contribution in [0.4, 0.5) is 0 Å². The molecule has 2 aromatic carbocycles. The molecule has 1 amide bonds. The van der Waals surface area contributed by atoms with Crippen molar-refractivity contribution in [2.75, 3.05) is 0 Å². The number of carbonyl (C=O) groups is 1. The average molecular weight is 279 g/mol. The van der Waals surface area contributed by atoms with Gasteiger partial charge in [0.2, 0.25) is 5.91 Å². The third-order valence-electron chi connectivity index (χ3n) is 4.60. The number of nitrogens with two attached hydrogens (primary N) is 1. The maximum Gasteiger partial charge on any atom is 0.220 e. The maximum atomic E-state index is 11.5. The molecule has 1 aliphatic carbocycles. The lowest BCUT2D eigenvalue weighted by Crippen LogP contribution is -2.23. The zero-order valence-corrected chi connectivity index (χ0v) is 12.4. The zero-order valence-electron chi connectivity index (χ0n) is 12.4. The molecule has 0 saturated heterocycles. The molecule has 0 aliphatic heterocycles. The monoisotopic (exact) mass is 279 g/mol. The zero-order chi connectivity index (χ0) is 14.8. The van der Waals surface area contributed by atoms with Crippen molar-refractivity contribution in [1.29, 1.82) is 0 Å². The van der Waals surface area contributed by atoms with E-state index in [4.69, 9.17) is 5.73 Å². The van der Waals surface area contributed by atoms with Gasteiger partial charge in [-0.15, -0.1) is 0 Å². The van der Waals surface area contributed by atoms with Gasteiger partial charge in [0.15, 0.2) is 0 Å². The Bertz CT molecular complexity index is 615. The lowest BCUT2D eigenvalue weighted by atomic mass is 9.82. The van der Waals surface area contributed by atoms with Crippen LogP contribution in [0.5, 0.6) is 0 Å². The van der Waals surface area contributed by atoms with Gasteiger partial charge in [-0.2, -0.15) is 0 Å². The van der Waals surface area contributed by atoms with Crippen LogP contribution in [0.1, 0.15) is 41.5 Å². The molecule has 0 fully saturated rings. The van der Waals surface area contributed by atoms with Gasteiger partial charge < -0.3 is 5.73 Å². The lowest BCUT2D eigenvalue weighted by molar-refractivity contribution is -0.121. The predicted molar refractivity (Wildman–Crippen MR) is 85.1 cm³/mol. The van der Waals surface area contributed by atoms with Crippen molar-refractivity contribution in [1.82, 2.24) is 0 Å². The van der Waals surface area contributed by atoms with E-state index in [1.807, 2.05) is 6.92 Å². The molecule has 1 atom stereocenters. The number of hydrogen-bond donors (Lipinski definition) is 1. The third kappa shape index (κ3) is 2.71. The number of hydrogen-bond acceptors (Lipinski definition) is 1. The highest BCUT2D eigenvalue weighted by Gasteiger charge is 2.26. The molecule has 0 radical (unpaired) electrons. The fourth-order valence-electron chi connectivity index (χ4n) is 3.36. The number of aryl methyl sites for hydroxylation is 2. The van der Waals surface area contributed by atoms with Gasteiger partial charge in [-0.05, 0) is 41.5 Å². The van der Waals surface area contributed by atoms with Crippen molar-refractivity contribution in [3.8, 4) is 0 Å². The van der Waals surface area contributed by atoms with Crippen LogP contribution in [0, 0.1) is 5.92 Å². The Labute approximate surface area is 126 Å². The maximum absolute atomic E-state index is 11.5. The summed E-state index contributed by atoms with van der Waals surface area (Å²) in [5.41, 5.74) is 11.0. The summed E-state index contributed by atoms with van der Waals surface area (Å²) in [7, 11) is 0. The summed E-state index contributed by atoms with van der Waals surface area (Å²) in [6, 6.07) is 17.2. The van der Waals surface area contributed by atoms with Gasteiger partial charge in [-0.25, -0.2) is 0 Å². The quantitative estimate of drug-likeness (QED) is 0.919. The van der Waals surface area contributed by atoms with E-state index in [2.05, 4.69) is 48.5 Å². The Hall–Kier alpha value is -2.09. The number of fused-ring (bicyclic) bond motifs is 2. The van der Waals surface area contributed by atoms with E-state index in [0.717, 1.165) is 19.3 Å². The number of benzene rings is 2. The van der Waals surface area contributed by atoms with Gasteiger partial charge >= 0.3 is 0 Å². The van der Waals surface area contributed by atoms with E-state index in [1.165, 1.54) is 22.3 Å². The van der Waals surface area contributed by atoms with Gasteiger partial charge in [0.1, 0.15) is 0 Å². The van der Waals surface area contributed by atoms with Crippen LogP contribution in [0.15, 0.2) is 48.5 Å². The third-order valence-corrected chi connectivity index (χ3v) is 4.60. The summed E-state index contributed by atoms with van der Waals surface area (Å²) >= 11 is 0. The Morgan fingerprint density at radius 3 is 2.00 bits per heavy atom. The van der Waals surface area contributed by atoms with E-state index in [9.17, 15) is 4.79 Å². The van der Waals surface area contributed by atoms with Crippen LogP contribution >= 0.6 is 0 Å². The van der Waals surface area contributed by atoms with E-state index >= 15 is 0 Å². The SMILES string of the molecule is CC(CC1c2ccccc2CCc2ccccc21)C(N)=O. The number of carbonyl (C=O) groups excluding carboxylic acids is 1. The molecule has 21 heavy (non-hydrogen) atoms. The van der Waals surface area contributed by atoms with Crippen molar-refractivity contribution >= 4 is 5.91 Å². The van der Waals surface area contributed by atoms with Gasteiger partial charge in [0.05, 0.1) is 0 Å². The molecule has 2 heteroatoms. The van der Waals surface area contributed by atoms with Gasteiger partial charge in [0.25, 0.3) is 0 Å². The highest BCUT2D eigenvalue weighted by Crippen LogP contribution is 2.38. The largest absolute Gasteiger partial charge is 0.369 e. The summed E-state index contributed by atoms with van der Waals surface area (Å²) in [4.78, 5) is 11.5. The molecule has 3 rings (SSSR count). The molecule has 108 valence electrons. The van der Waals surface area contributed by atoms with E-state index in [-0.39, 0.29) is 17.7 Å². The second-order valence-electron chi connectivity index (χ2n) is 5.99. The Morgan fingerprint density at radius 2 is 1.52 bits per heavy atom. The minimum absolute atomic E-state index is 0.116. The predicted octanol–water partition coefficient (Wildman–Crippen LogP) is 3.43. The fraction of sp³-hybridized carbons (Fsp3) is 0.316. The minimum Gasteiger partial charge on any atom is -0.369 e. The van der Waals surface area contributed by atoms with E-state index in [1.54, 1.807) is 0 Å². The highest BCUT2D eigenvalue weighted by molar-refractivity contribution is 5.76. The lowest BCUT2D eigenvalue weighted by Gasteiger charge is -2.22. The summed E-state index contributed by atoms with van der Waals surface area (Å²) in [6.45, 7) is 1.93. The summed E-state index contributed by atoms with van der Waals surface area (Å²) in [6.07, 6.45) is 2.91. The molecule has 0 saturated carbocycles. The first-order chi connectivity index (χ1) is 10.2. The van der Waals surface area contributed by atoms with Crippen molar-refractivity contribution in [3.63, 3.8) is 0 Å². The van der Waals surface area contributed by atoms with Crippen molar-refractivity contribution in [2.24, 2.45) is 11.7 Å². The first kappa shape index (κ1) is 13.9.